The number of fused-ring (bicyclic) bond motifs is 3. The fourth-order valence-corrected chi connectivity index (χ4v) is 3.97. The van der Waals surface area contributed by atoms with Gasteiger partial charge in [-0.2, -0.15) is 0 Å². The predicted molar refractivity (Wildman–Crippen MR) is 111 cm³/mol. The van der Waals surface area contributed by atoms with Crippen LogP contribution in [0.3, 0.4) is 0 Å². The van der Waals surface area contributed by atoms with Crippen molar-refractivity contribution in [2.75, 3.05) is 6.73 Å². The summed E-state index contributed by atoms with van der Waals surface area (Å²) in [5, 5.41) is 5.96. The van der Waals surface area contributed by atoms with Crippen LogP contribution in [-0.4, -0.2) is 17.3 Å². The summed E-state index contributed by atoms with van der Waals surface area (Å²) in [6.45, 7) is 1.43. The minimum atomic E-state index is 0.571. The van der Waals surface area contributed by atoms with E-state index >= 15 is 0 Å². The summed E-state index contributed by atoms with van der Waals surface area (Å²) in [4.78, 5) is 0. The van der Waals surface area contributed by atoms with Crippen LogP contribution in [0.5, 0.6) is 5.75 Å². The number of para-hydroxylation sites is 1. The maximum absolute atomic E-state index is 6.17. The van der Waals surface area contributed by atoms with Crippen molar-refractivity contribution in [1.29, 1.82) is 0 Å². The molecule has 1 saturated carbocycles. The van der Waals surface area contributed by atoms with Crippen LogP contribution in [0.2, 0.25) is 0 Å². The Kier molecular flexibility index (Phi) is 4.30. The van der Waals surface area contributed by atoms with Gasteiger partial charge in [0.1, 0.15) is 12.5 Å². The molecule has 3 heteroatoms. The minimum absolute atomic E-state index is 0.571. The van der Waals surface area contributed by atoms with Crippen molar-refractivity contribution >= 4 is 21.8 Å². The van der Waals surface area contributed by atoms with E-state index in [4.69, 9.17) is 4.74 Å². The number of benzene rings is 3. The Morgan fingerprint density at radius 2 is 1.63 bits per heavy atom. The molecule has 0 bridgehead atoms. The van der Waals surface area contributed by atoms with Gasteiger partial charge < -0.3 is 9.30 Å². The molecule has 0 atom stereocenters. The van der Waals surface area contributed by atoms with Gasteiger partial charge in [-0.3, -0.25) is 5.32 Å². The van der Waals surface area contributed by atoms with Crippen LogP contribution < -0.4 is 10.1 Å². The van der Waals surface area contributed by atoms with Gasteiger partial charge in [0, 0.05) is 28.9 Å². The molecule has 1 heterocycles. The molecule has 1 fully saturated rings. The molecule has 1 N–H and O–H groups in total. The van der Waals surface area contributed by atoms with Gasteiger partial charge in [0.05, 0.1) is 5.52 Å². The maximum Gasteiger partial charge on any atom is 0.139 e. The smallest absolute Gasteiger partial charge is 0.139 e. The SMILES string of the molecule is c1ccc(Cn2c3ccccc3c3c(OCNC4CCC4)cccc32)cc1. The molecule has 1 aliphatic rings. The highest BCUT2D eigenvalue weighted by Crippen LogP contribution is 2.36. The first-order valence-corrected chi connectivity index (χ1v) is 9.80. The number of hydrogen-bond donors (Lipinski definition) is 1. The second-order valence-electron chi connectivity index (χ2n) is 7.36. The third-order valence-corrected chi connectivity index (χ3v) is 5.65. The van der Waals surface area contributed by atoms with Gasteiger partial charge in [0.15, 0.2) is 0 Å². The normalized spacial score (nSPS) is 14.5. The van der Waals surface area contributed by atoms with Crippen molar-refractivity contribution in [3.63, 3.8) is 0 Å². The van der Waals surface area contributed by atoms with Crippen molar-refractivity contribution in [3.05, 3.63) is 78.4 Å². The highest BCUT2D eigenvalue weighted by molar-refractivity contribution is 6.11. The molecule has 0 saturated heterocycles. The lowest BCUT2D eigenvalue weighted by Gasteiger charge is -2.26. The average Bonchev–Trinajstić information content (AvgIpc) is 2.99. The van der Waals surface area contributed by atoms with Gasteiger partial charge in [-0.25, -0.2) is 0 Å². The summed E-state index contributed by atoms with van der Waals surface area (Å²) < 4.78 is 8.57. The lowest BCUT2D eigenvalue weighted by Crippen LogP contribution is -2.37. The second-order valence-corrected chi connectivity index (χ2v) is 7.36. The Balaban J connectivity index is 1.56. The molecular formula is C24H24N2O. The van der Waals surface area contributed by atoms with E-state index in [2.05, 4.69) is 82.7 Å². The van der Waals surface area contributed by atoms with E-state index in [1.54, 1.807) is 0 Å². The molecule has 0 unspecified atom stereocenters. The molecule has 1 aliphatic carbocycles. The van der Waals surface area contributed by atoms with E-state index in [9.17, 15) is 0 Å². The first-order chi connectivity index (χ1) is 13.4. The maximum atomic E-state index is 6.17. The summed E-state index contributed by atoms with van der Waals surface area (Å²) in [6.07, 6.45) is 3.87. The van der Waals surface area contributed by atoms with Crippen LogP contribution in [0.1, 0.15) is 24.8 Å². The van der Waals surface area contributed by atoms with Crippen molar-refractivity contribution in [2.24, 2.45) is 0 Å². The van der Waals surface area contributed by atoms with Gasteiger partial charge in [-0.05, 0) is 36.6 Å². The minimum Gasteiger partial charge on any atom is -0.478 e. The molecule has 3 aromatic carbocycles. The molecule has 0 spiro atoms. The molecular weight excluding hydrogens is 332 g/mol. The molecule has 136 valence electrons. The molecule has 5 rings (SSSR count). The zero-order chi connectivity index (χ0) is 18.1. The highest BCUT2D eigenvalue weighted by atomic mass is 16.5. The highest BCUT2D eigenvalue weighted by Gasteiger charge is 2.17. The van der Waals surface area contributed by atoms with Gasteiger partial charge in [0.25, 0.3) is 0 Å². The van der Waals surface area contributed by atoms with Gasteiger partial charge in [-0.15, -0.1) is 0 Å². The standard InChI is InChI=1S/C24H24N2O/c1-2-8-18(9-3-1)16-26-21-13-5-4-12-20(21)24-22(26)14-7-15-23(24)27-17-25-19-10-6-11-19/h1-5,7-9,12-15,19,25H,6,10-11,16-17H2. The van der Waals surface area contributed by atoms with Crippen molar-refractivity contribution < 1.29 is 4.74 Å². The van der Waals surface area contributed by atoms with Crippen molar-refractivity contribution in [2.45, 2.75) is 31.8 Å². The van der Waals surface area contributed by atoms with Gasteiger partial charge in [0.2, 0.25) is 0 Å². The molecule has 4 aromatic rings. The molecule has 0 radical (unpaired) electrons. The third-order valence-electron chi connectivity index (χ3n) is 5.65. The van der Waals surface area contributed by atoms with Crippen LogP contribution in [-0.2, 0) is 6.54 Å². The fourth-order valence-electron chi connectivity index (χ4n) is 3.97. The van der Waals surface area contributed by atoms with E-state index < -0.39 is 0 Å². The number of aromatic nitrogens is 1. The molecule has 1 aromatic heterocycles. The van der Waals surface area contributed by atoms with E-state index in [1.807, 2.05) is 0 Å². The largest absolute Gasteiger partial charge is 0.478 e. The summed E-state index contributed by atoms with van der Waals surface area (Å²) in [6, 6.07) is 26.3. The summed E-state index contributed by atoms with van der Waals surface area (Å²) in [5.41, 5.74) is 3.78. The van der Waals surface area contributed by atoms with Crippen LogP contribution in [0.15, 0.2) is 72.8 Å². The first-order valence-electron chi connectivity index (χ1n) is 9.80. The summed E-state index contributed by atoms with van der Waals surface area (Å²) in [5.74, 6) is 0.960. The van der Waals surface area contributed by atoms with Crippen LogP contribution in [0.4, 0.5) is 0 Å². The fraction of sp³-hybridized carbons (Fsp3) is 0.250. The lowest BCUT2D eigenvalue weighted by atomic mass is 9.93. The van der Waals surface area contributed by atoms with Crippen LogP contribution in [0, 0.1) is 0 Å². The topological polar surface area (TPSA) is 26.2 Å². The number of hydrogen-bond acceptors (Lipinski definition) is 2. The summed E-state index contributed by atoms with van der Waals surface area (Å²) >= 11 is 0. The number of nitrogens with one attached hydrogen (secondary N) is 1. The first kappa shape index (κ1) is 16.4. The van der Waals surface area contributed by atoms with E-state index in [1.165, 1.54) is 46.6 Å². The van der Waals surface area contributed by atoms with Gasteiger partial charge >= 0.3 is 0 Å². The Labute approximate surface area is 159 Å². The Morgan fingerprint density at radius 1 is 0.852 bits per heavy atom. The Morgan fingerprint density at radius 3 is 2.44 bits per heavy atom. The zero-order valence-electron chi connectivity index (χ0n) is 15.4. The monoisotopic (exact) mass is 356 g/mol. The van der Waals surface area contributed by atoms with E-state index in [0.29, 0.717) is 12.8 Å². The third kappa shape index (κ3) is 3.08. The van der Waals surface area contributed by atoms with E-state index in [-0.39, 0.29) is 0 Å². The van der Waals surface area contributed by atoms with Crippen LogP contribution >= 0.6 is 0 Å². The van der Waals surface area contributed by atoms with E-state index in [0.717, 1.165) is 12.3 Å². The Bertz CT molecular complexity index is 1060. The van der Waals surface area contributed by atoms with Gasteiger partial charge in [-0.1, -0.05) is 61.0 Å². The molecule has 0 amide bonds. The van der Waals surface area contributed by atoms with Crippen molar-refractivity contribution in [1.82, 2.24) is 9.88 Å². The Hall–Kier alpha value is -2.78. The second kappa shape index (κ2) is 7.09. The van der Waals surface area contributed by atoms with Crippen LogP contribution in [0.25, 0.3) is 21.8 Å². The summed E-state index contributed by atoms with van der Waals surface area (Å²) in [7, 11) is 0. The quantitative estimate of drug-likeness (QED) is 0.473. The number of ether oxygens (including phenoxy) is 1. The molecule has 27 heavy (non-hydrogen) atoms. The average molecular weight is 356 g/mol. The lowest BCUT2D eigenvalue weighted by molar-refractivity contribution is 0.226. The number of nitrogens with zero attached hydrogens (tertiary/aromatic N) is 1. The zero-order valence-corrected chi connectivity index (χ0v) is 15.4. The van der Waals surface area contributed by atoms with Crippen molar-refractivity contribution in [3.8, 4) is 5.75 Å². The molecule has 3 nitrogen and oxygen atoms in total. The predicted octanol–water partition coefficient (Wildman–Crippen LogP) is 5.32. The molecule has 0 aliphatic heterocycles. The number of rotatable bonds is 6.